The van der Waals surface area contributed by atoms with Crippen LogP contribution in [0.5, 0.6) is 0 Å². The van der Waals surface area contributed by atoms with Gasteiger partial charge in [0.15, 0.2) is 0 Å². The lowest BCUT2D eigenvalue weighted by Gasteiger charge is -2.15. The first-order valence-corrected chi connectivity index (χ1v) is 17.5. The van der Waals surface area contributed by atoms with Crippen LogP contribution < -0.4 is 0 Å². The third-order valence-electron chi connectivity index (χ3n) is 7.05. The zero-order chi connectivity index (χ0) is 31.3. The smallest absolute Gasteiger partial charge is 0.306 e. The molecule has 0 spiro atoms. The zero-order valence-corrected chi connectivity index (χ0v) is 27.9. The molecule has 4 heteroatoms. The number of carbonyl (C=O) groups is 1. The van der Waals surface area contributed by atoms with Crippen LogP contribution in [0.1, 0.15) is 142 Å². The van der Waals surface area contributed by atoms with Gasteiger partial charge < -0.3 is 14.6 Å². The van der Waals surface area contributed by atoms with Gasteiger partial charge in [0.1, 0.15) is 6.10 Å². The molecule has 1 N–H and O–H groups in total. The van der Waals surface area contributed by atoms with Gasteiger partial charge in [-0.2, -0.15) is 0 Å². The third kappa shape index (κ3) is 34.2. The highest BCUT2D eigenvalue weighted by Gasteiger charge is 2.13. The largest absolute Gasteiger partial charge is 0.457 e. The Labute approximate surface area is 266 Å². The number of rotatable bonds is 31. The Balaban J connectivity index is 3.54. The summed E-state index contributed by atoms with van der Waals surface area (Å²) in [5.41, 5.74) is 0. The molecule has 0 heterocycles. The standard InChI is InChI=1S/C39H66O4/c1-3-5-7-9-11-12-13-14-15-16-17-18-19-20-21-22-23-24-25-26-27-29-31-33-35-42-37-38(36-40)43-39(41)34-32-30-28-10-8-6-4-2/h5,7,11-12,14-15,17-18,20-21,23-24,38,40H,3-4,6,8-10,13,16,19,22,25-37H2,1-2H3/b7-5-,12-11-,15-14-,18-17-,21-20-,24-23-. The Morgan fingerprint density at radius 1 is 0.581 bits per heavy atom. The predicted molar refractivity (Wildman–Crippen MR) is 186 cm³/mol. The predicted octanol–water partition coefficient (Wildman–Crippen LogP) is 11.1. The molecule has 246 valence electrons. The zero-order valence-electron chi connectivity index (χ0n) is 27.9. The minimum atomic E-state index is -0.543. The lowest BCUT2D eigenvalue weighted by Crippen LogP contribution is -2.27. The Kier molecular flexibility index (Phi) is 34.2. The van der Waals surface area contributed by atoms with Crippen LogP contribution in [0.15, 0.2) is 72.9 Å². The van der Waals surface area contributed by atoms with Gasteiger partial charge in [0, 0.05) is 13.0 Å². The van der Waals surface area contributed by atoms with Crippen molar-refractivity contribution < 1.29 is 19.4 Å². The second kappa shape index (κ2) is 36.0. The summed E-state index contributed by atoms with van der Waals surface area (Å²) in [5, 5.41) is 9.49. The van der Waals surface area contributed by atoms with Gasteiger partial charge in [0.05, 0.1) is 13.2 Å². The van der Waals surface area contributed by atoms with E-state index in [-0.39, 0.29) is 19.2 Å². The number of allylic oxidation sites excluding steroid dienone is 12. The molecule has 0 saturated carbocycles. The summed E-state index contributed by atoms with van der Waals surface area (Å²) in [5.74, 6) is -0.219. The van der Waals surface area contributed by atoms with Crippen LogP contribution >= 0.6 is 0 Å². The molecule has 43 heavy (non-hydrogen) atoms. The number of hydrogen-bond donors (Lipinski definition) is 1. The number of carbonyl (C=O) groups excluding carboxylic acids is 1. The number of aliphatic hydroxyl groups excluding tert-OH is 1. The van der Waals surface area contributed by atoms with E-state index in [2.05, 4.69) is 86.8 Å². The molecule has 0 amide bonds. The van der Waals surface area contributed by atoms with Crippen molar-refractivity contribution in [2.24, 2.45) is 0 Å². The van der Waals surface area contributed by atoms with Gasteiger partial charge in [-0.1, -0.05) is 145 Å². The maximum Gasteiger partial charge on any atom is 0.306 e. The van der Waals surface area contributed by atoms with E-state index in [4.69, 9.17) is 9.47 Å². The summed E-state index contributed by atoms with van der Waals surface area (Å²) in [4.78, 5) is 12.0. The molecule has 1 atom stereocenters. The third-order valence-corrected chi connectivity index (χ3v) is 7.05. The number of ether oxygens (including phenoxy) is 2. The molecule has 4 nitrogen and oxygen atoms in total. The van der Waals surface area contributed by atoms with Gasteiger partial charge in [0.2, 0.25) is 0 Å². The minimum Gasteiger partial charge on any atom is -0.457 e. The van der Waals surface area contributed by atoms with E-state index in [1.807, 2.05) is 0 Å². The van der Waals surface area contributed by atoms with Crippen LogP contribution in [-0.4, -0.2) is 37.0 Å². The van der Waals surface area contributed by atoms with Crippen LogP contribution in [0.2, 0.25) is 0 Å². The van der Waals surface area contributed by atoms with Crippen molar-refractivity contribution in [2.45, 2.75) is 148 Å². The average Bonchev–Trinajstić information content (AvgIpc) is 3.01. The van der Waals surface area contributed by atoms with Gasteiger partial charge in [0.25, 0.3) is 0 Å². The summed E-state index contributed by atoms with van der Waals surface area (Å²) in [7, 11) is 0. The quantitative estimate of drug-likeness (QED) is 0.0490. The first kappa shape index (κ1) is 40.8. The fourth-order valence-corrected chi connectivity index (χ4v) is 4.45. The number of unbranched alkanes of at least 4 members (excludes halogenated alkanes) is 11. The maximum atomic E-state index is 12.0. The van der Waals surface area contributed by atoms with Crippen molar-refractivity contribution in [1.29, 1.82) is 0 Å². The Hall–Kier alpha value is -2.17. The van der Waals surface area contributed by atoms with E-state index >= 15 is 0 Å². The van der Waals surface area contributed by atoms with Gasteiger partial charge in [-0.15, -0.1) is 0 Å². The summed E-state index contributed by atoms with van der Waals surface area (Å²) < 4.78 is 11.0. The monoisotopic (exact) mass is 598 g/mol. The van der Waals surface area contributed by atoms with E-state index < -0.39 is 6.10 Å². The van der Waals surface area contributed by atoms with E-state index in [1.54, 1.807) is 0 Å². The van der Waals surface area contributed by atoms with Crippen LogP contribution in [-0.2, 0) is 14.3 Å². The second-order valence-electron chi connectivity index (χ2n) is 11.2. The van der Waals surface area contributed by atoms with E-state index in [9.17, 15) is 9.90 Å². The molecule has 0 fully saturated rings. The Morgan fingerprint density at radius 3 is 1.58 bits per heavy atom. The summed E-state index contributed by atoms with van der Waals surface area (Å²) in [6.45, 7) is 5.13. The topological polar surface area (TPSA) is 55.8 Å². The fraction of sp³-hybridized carbons (Fsp3) is 0.667. The van der Waals surface area contributed by atoms with E-state index in [0.29, 0.717) is 13.0 Å². The molecular formula is C39H66O4. The van der Waals surface area contributed by atoms with Crippen LogP contribution in [0, 0.1) is 0 Å². The first-order valence-electron chi connectivity index (χ1n) is 17.5. The highest BCUT2D eigenvalue weighted by molar-refractivity contribution is 5.69. The average molecular weight is 599 g/mol. The number of hydrogen-bond acceptors (Lipinski definition) is 4. The van der Waals surface area contributed by atoms with E-state index in [0.717, 1.165) is 70.6 Å². The summed E-state index contributed by atoms with van der Waals surface area (Å²) in [6, 6.07) is 0. The van der Waals surface area contributed by atoms with Crippen LogP contribution in [0.25, 0.3) is 0 Å². The number of esters is 1. The molecular weight excluding hydrogens is 532 g/mol. The van der Waals surface area contributed by atoms with Crippen molar-refractivity contribution >= 4 is 5.97 Å². The van der Waals surface area contributed by atoms with Crippen LogP contribution in [0.4, 0.5) is 0 Å². The molecule has 0 aliphatic carbocycles. The highest BCUT2D eigenvalue weighted by Crippen LogP contribution is 2.10. The van der Waals surface area contributed by atoms with Crippen molar-refractivity contribution in [1.82, 2.24) is 0 Å². The SMILES string of the molecule is CC/C=C\C/C=C\C/C=C\C/C=C\C/C=C\C/C=C\CCCCCCCOCC(CO)OC(=O)CCCCCCCCC. The summed E-state index contributed by atoms with van der Waals surface area (Å²) >= 11 is 0. The molecule has 0 radical (unpaired) electrons. The molecule has 0 bridgehead atoms. The maximum absolute atomic E-state index is 12.0. The Bertz CT molecular complexity index is 759. The second-order valence-corrected chi connectivity index (χ2v) is 11.2. The van der Waals surface area contributed by atoms with Crippen molar-refractivity contribution in [3.8, 4) is 0 Å². The molecule has 1 unspecified atom stereocenters. The molecule has 0 saturated heterocycles. The van der Waals surface area contributed by atoms with Crippen molar-refractivity contribution in [2.75, 3.05) is 19.8 Å². The van der Waals surface area contributed by atoms with Crippen molar-refractivity contribution in [3.63, 3.8) is 0 Å². The normalized spacial score (nSPS) is 13.3. The number of aliphatic hydroxyl groups is 1. The van der Waals surface area contributed by atoms with Gasteiger partial charge >= 0.3 is 5.97 Å². The van der Waals surface area contributed by atoms with E-state index in [1.165, 1.54) is 51.4 Å². The van der Waals surface area contributed by atoms with Gasteiger partial charge in [-0.25, -0.2) is 0 Å². The highest BCUT2D eigenvalue weighted by atomic mass is 16.6. The molecule has 0 aromatic carbocycles. The molecule has 0 aliphatic rings. The lowest BCUT2D eigenvalue weighted by atomic mass is 10.1. The Morgan fingerprint density at radius 2 is 1.05 bits per heavy atom. The fourth-order valence-electron chi connectivity index (χ4n) is 4.45. The van der Waals surface area contributed by atoms with Gasteiger partial charge in [-0.05, 0) is 64.2 Å². The molecule has 0 aromatic rings. The first-order chi connectivity index (χ1) is 21.2. The van der Waals surface area contributed by atoms with Gasteiger partial charge in [-0.3, -0.25) is 4.79 Å². The van der Waals surface area contributed by atoms with Crippen molar-refractivity contribution in [3.05, 3.63) is 72.9 Å². The molecule has 0 rings (SSSR count). The molecule has 0 aliphatic heterocycles. The minimum absolute atomic E-state index is 0.183. The van der Waals surface area contributed by atoms with Crippen LogP contribution in [0.3, 0.4) is 0 Å². The lowest BCUT2D eigenvalue weighted by molar-refractivity contribution is -0.154. The molecule has 0 aromatic heterocycles. The summed E-state index contributed by atoms with van der Waals surface area (Å²) in [6.07, 6.45) is 48.1.